The van der Waals surface area contributed by atoms with E-state index in [1.807, 2.05) is 49.6 Å². The molecule has 5 nitrogen and oxygen atoms in total. The molecule has 1 saturated heterocycles. The van der Waals surface area contributed by atoms with Crippen LogP contribution >= 0.6 is 11.3 Å². The van der Waals surface area contributed by atoms with Gasteiger partial charge in [0.2, 0.25) is 0 Å². The van der Waals surface area contributed by atoms with Crippen molar-refractivity contribution in [2.45, 2.75) is 26.3 Å². The second kappa shape index (κ2) is 8.06. The second-order valence-corrected chi connectivity index (χ2v) is 7.65. The van der Waals surface area contributed by atoms with Crippen LogP contribution in [0.15, 0.2) is 41.3 Å². The highest BCUT2D eigenvalue weighted by atomic mass is 32.1. The molecule has 0 radical (unpaired) electrons. The molecular weight excluding hydrogens is 362 g/mol. The molecule has 142 valence electrons. The molecule has 0 aliphatic carbocycles. The Hall–Kier alpha value is -2.44. The topological polar surface area (TPSA) is 66.8 Å². The first-order chi connectivity index (χ1) is 13.0. The normalized spacial score (nSPS) is 19.1. The first kappa shape index (κ1) is 19.3. The van der Waals surface area contributed by atoms with Crippen molar-refractivity contribution in [1.82, 2.24) is 4.90 Å². The monoisotopic (exact) mass is 385 g/mol. The number of thiophene rings is 1. The maximum Gasteiger partial charge on any atom is 0.295 e. The summed E-state index contributed by atoms with van der Waals surface area (Å²) in [6, 6.07) is 8.90. The molecule has 3 rings (SSSR count). The highest BCUT2D eigenvalue weighted by molar-refractivity contribution is 7.10. The number of Topliss-reactive ketones (excluding diaryl/α,β-unsaturated/α-hetero) is 1. The fraction of sp³-hybridized carbons (Fsp3) is 0.333. The van der Waals surface area contributed by atoms with Gasteiger partial charge in [-0.15, -0.1) is 11.3 Å². The lowest BCUT2D eigenvalue weighted by molar-refractivity contribution is -0.140. The molecule has 1 N–H and O–H groups in total. The highest BCUT2D eigenvalue weighted by Crippen LogP contribution is 2.41. The molecule has 1 amide bonds. The van der Waals surface area contributed by atoms with E-state index in [1.54, 1.807) is 12.0 Å². The van der Waals surface area contributed by atoms with Crippen LogP contribution in [-0.2, 0) is 14.3 Å². The van der Waals surface area contributed by atoms with Crippen LogP contribution in [0.1, 0.15) is 34.0 Å². The number of aryl methyl sites for hydroxylation is 2. The van der Waals surface area contributed by atoms with Crippen LogP contribution in [0, 0.1) is 13.8 Å². The maximum absolute atomic E-state index is 12.8. The lowest BCUT2D eigenvalue weighted by atomic mass is 9.96. The Morgan fingerprint density at radius 3 is 2.70 bits per heavy atom. The lowest BCUT2D eigenvalue weighted by Gasteiger charge is -2.24. The van der Waals surface area contributed by atoms with E-state index in [-0.39, 0.29) is 11.3 Å². The number of ketones is 1. The zero-order chi connectivity index (χ0) is 19.6. The van der Waals surface area contributed by atoms with Crippen molar-refractivity contribution in [2.75, 3.05) is 20.3 Å². The van der Waals surface area contributed by atoms with Gasteiger partial charge in [-0.25, -0.2) is 0 Å². The Bertz CT molecular complexity index is 886. The molecule has 0 bridgehead atoms. The van der Waals surface area contributed by atoms with Crippen molar-refractivity contribution in [1.29, 1.82) is 0 Å². The van der Waals surface area contributed by atoms with Crippen molar-refractivity contribution < 1.29 is 19.4 Å². The Balaban J connectivity index is 2.12. The van der Waals surface area contributed by atoms with Gasteiger partial charge in [0.25, 0.3) is 11.7 Å². The van der Waals surface area contributed by atoms with E-state index in [4.69, 9.17) is 4.74 Å². The summed E-state index contributed by atoms with van der Waals surface area (Å²) >= 11 is 1.47. The number of carbonyl (C=O) groups excluding carboxylic acids is 2. The molecule has 1 aromatic heterocycles. The zero-order valence-corrected chi connectivity index (χ0v) is 16.5. The molecule has 1 aromatic carbocycles. The number of amides is 1. The fourth-order valence-electron chi connectivity index (χ4n) is 3.37. The standard InChI is InChI=1S/C21H23NO4S/c1-13-7-8-14(2)15(12-13)19(23)17-18(16-6-4-11-27-16)22(9-5-10-26-3)21(25)20(17)24/h4,6-8,11-12,18,23H,5,9-10H2,1-3H3/b19-17-. The molecule has 2 aromatic rings. The van der Waals surface area contributed by atoms with E-state index in [9.17, 15) is 14.7 Å². The summed E-state index contributed by atoms with van der Waals surface area (Å²) < 4.78 is 5.08. The van der Waals surface area contributed by atoms with Crippen molar-refractivity contribution in [3.05, 3.63) is 62.9 Å². The minimum absolute atomic E-state index is 0.109. The van der Waals surface area contributed by atoms with E-state index in [0.717, 1.165) is 16.0 Å². The van der Waals surface area contributed by atoms with Crippen molar-refractivity contribution in [2.24, 2.45) is 0 Å². The van der Waals surface area contributed by atoms with E-state index in [2.05, 4.69) is 0 Å². The average molecular weight is 385 g/mol. The number of aliphatic hydroxyl groups excluding tert-OH is 1. The molecule has 6 heteroatoms. The van der Waals surface area contributed by atoms with E-state index >= 15 is 0 Å². The van der Waals surface area contributed by atoms with Crippen LogP contribution in [0.2, 0.25) is 0 Å². The highest BCUT2D eigenvalue weighted by Gasteiger charge is 2.46. The maximum atomic E-state index is 12.8. The summed E-state index contributed by atoms with van der Waals surface area (Å²) in [7, 11) is 1.60. The summed E-state index contributed by atoms with van der Waals surface area (Å²) in [4.78, 5) is 27.9. The third-order valence-corrected chi connectivity index (χ3v) is 5.67. The fourth-order valence-corrected chi connectivity index (χ4v) is 4.21. The summed E-state index contributed by atoms with van der Waals surface area (Å²) in [5.74, 6) is -1.32. The second-order valence-electron chi connectivity index (χ2n) is 6.67. The van der Waals surface area contributed by atoms with Crippen LogP contribution in [0.3, 0.4) is 0 Å². The van der Waals surface area contributed by atoms with Crippen LogP contribution in [-0.4, -0.2) is 42.0 Å². The zero-order valence-electron chi connectivity index (χ0n) is 15.7. The van der Waals surface area contributed by atoms with E-state index < -0.39 is 17.7 Å². The smallest absolute Gasteiger partial charge is 0.295 e. The number of carbonyl (C=O) groups is 2. The summed E-state index contributed by atoms with van der Waals surface area (Å²) in [6.07, 6.45) is 0.620. The molecule has 0 spiro atoms. The third kappa shape index (κ3) is 3.68. The largest absolute Gasteiger partial charge is 0.507 e. The Morgan fingerprint density at radius 2 is 2.04 bits per heavy atom. The SMILES string of the molecule is COCCCN1C(=O)C(=O)/C(=C(\O)c2cc(C)ccc2C)C1c1cccs1. The summed E-state index contributed by atoms with van der Waals surface area (Å²) in [5, 5.41) is 12.9. The van der Waals surface area contributed by atoms with Gasteiger partial charge < -0.3 is 14.7 Å². The number of rotatable bonds is 6. The Labute approximate surface area is 162 Å². The first-order valence-corrected chi connectivity index (χ1v) is 9.72. The number of methoxy groups -OCH3 is 1. The quantitative estimate of drug-likeness (QED) is 0.355. The molecule has 1 atom stereocenters. The van der Waals surface area contributed by atoms with Gasteiger partial charge in [0, 0.05) is 30.7 Å². The Morgan fingerprint density at radius 1 is 1.26 bits per heavy atom. The number of nitrogens with zero attached hydrogens (tertiary/aromatic N) is 1. The minimum Gasteiger partial charge on any atom is -0.507 e. The average Bonchev–Trinajstić information content (AvgIpc) is 3.25. The number of ether oxygens (including phenoxy) is 1. The minimum atomic E-state index is -0.635. The number of benzene rings is 1. The summed E-state index contributed by atoms with van der Waals surface area (Å²) in [5.41, 5.74) is 2.58. The van der Waals surface area contributed by atoms with Gasteiger partial charge in [-0.3, -0.25) is 9.59 Å². The molecule has 0 saturated carbocycles. The van der Waals surface area contributed by atoms with Gasteiger partial charge >= 0.3 is 0 Å². The molecule has 1 aliphatic rings. The summed E-state index contributed by atoms with van der Waals surface area (Å²) in [6.45, 7) is 4.70. The van der Waals surface area contributed by atoms with Gasteiger partial charge in [0.1, 0.15) is 5.76 Å². The number of hydrogen-bond donors (Lipinski definition) is 1. The molecule has 1 fully saturated rings. The molecule has 2 heterocycles. The molecule has 27 heavy (non-hydrogen) atoms. The predicted octanol–water partition coefficient (Wildman–Crippen LogP) is 3.82. The number of likely N-dealkylation sites (tertiary alicyclic amines) is 1. The van der Waals surface area contributed by atoms with Gasteiger partial charge in [0.15, 0.2) is 0 Å². The van der Waals surface area contributed by atoms with Crippen LogP contribution < -0.4 is 0 Å². The number of hydrogen-bond acceptors (Lipinski definition) is 5. The number of aliphatic hydroxyl groups is 1. The lowest BCUT2D eigenvalue weighted by Crippen LogP contribution is -2.31. The van der Waals surface area contributed by atoms with E-state index in [1.165, 1.54) is 11.3 Å². The van der Waals surface area contributed by atoms with Crippen molar-refractivity contribution in [3.63, 3.8) is 0 Å². The van der Waals surface area contributed by atoms with Gasteiger partial charge in [-0.2, -0.15) is 0 Å². The molecule has 1 unspecified atom stereocenters. The third-order valence-electron chi connectivity index (χ3n) is 4.75. The van der Waals surface area contributed by atoms with Crippen molar-refractivity contribution in [3.8, 4) is 0 Å². The molecular formula is C21H23NO4S. The van der Waals surface area contributed by atoms with Gasteiger partial charge in [-0.05, 0) is 43.3 Å². The van der Waals surface area contributed by atoms with Crippen molar-refractivity contribution >= 4 is 28.8 Å². The van der Waals surface area contributed by atoms with Crippen LogP contribution in [0.25, 0.3) is 5.76 Å². The van der Waals surface area contributed by atoms with E-state index in [0.29, 0.717) is 25.1 Å². The van der Waals surface area contributed by atoms with Gasteiger partial charge in [0.05, 0.1) is 11.6 Å². The van der Waals surface area contributed by atoms with Crippen LogP contribution in [0.5, 0.6) is 0 Å². The van der Waals surface area contributed by atoms with Crippen LogP contribution in [0.4, 0.5) is 0 Å². The first-order valence-electron chi connectivity index (χ1n) is 8.84. The Kier molecular flexibility index (Phi) is 5.77. The molecule has 1 aliphatic heterocycles. The predicted molar refractivity (Wildman–Crippen MR) is 106 cm³/mol. The van der Waals surface area contributed by atoms with Gasteiger partial charge in [-0.1, -0.05) is 23.8 Å².